The van der Waals surface area contributed by atoms with Gasteiger partial charge in [-0.25, -0.2) is 4.98 Å². The predicted molar refractivity (Wildman–Crippen MR) is 79.9 cm³/mol. The van der Waals surface area contributed by atoms with Gasteiger partial charge in [0, 0.05) is 49.6 Å². The molecule has 1 fully saturated rings. The normalized spacial score (nSPS) is 17.9. The van der Waals surface area contributed by atoms with E-state index < -0.39 is 0 Å². The molecule has 1 atom stereocenters. The van der Waals surface area contributed by atoms with E-state index >= 15 is 0 Å². The van der Waals surface area contributed by atoms with Gasteiger partial charge in [-0.2, -0.15) is 0 Å². The monoisotopic (exact) mass is 285 g/mol. The fourth-order valence-corrected chi connectivity index (χ4v) is 2.53. The maximum atomic E-state index is 12.2. The van der Waals surface area contributed by atoms with E-state index in [-0.39, 0.29) is 5.91 Å². The maximum absolute atomic E-state index is 12.2. The summed E-state index contributed by atoms with van der Waals surface area (Å²) < 4.78 is 7.25. The Bertz CT molecular complexity index is 630. The summed E-state index contributed by atoms with van der Waals surface area (Å²) in [5.41, 5.74) is 1.61. The van der Waals surface area contributed by atoms with Crippen molar-refractivity contribution >= 4 is 5.91 Å². The minimum Gasteiger partial charge on any atom is -0.381 e. The lowest BCUT2D eigenvalue weighted by Gasteiger charge is -2.10. The van der Waals surface area contributed by atoms with E-state index in [1.165, 1.54) is 0 Å². The fraction of sp³-hybridized carbons (Fsp3) is 0.375. The first kappa shape index (κ1) is 13.8. The number of amides is 1. The molecular formula is C16H19N3O2. The van der Waals surface area contributed by atoms with E-state index in [1.807, 2.05) is 42.1 Å². The van der Waals surface area contributed by atoms with Gasteiger partial charge in [-0.15, -0.1) is 0 Å². The van der Waals surface area contributed by atoms with Crippen molar-refractivity contribution < 1.29 is 9.53 Å². The molecule has 0 unspecified atom stereocenters. The quantitative estimate of drug-likeness (QED) is 0.932. The highest BCUT2D eigenvalue weighted by Crippen LogP contribution is 2.18. The van der Waals surface area contributed by atoms with Gasteiger partial charge < -0.3 is 14.6 Å². The van der Waals surface area contributed by atoms with Gasteiger partial charge in [0.1, 0.15) is 5.82 Å². The number of carbonyl (C=O) groups excluding carboxylic acids is 1. The van der Waals surface area contributed by atoms with Crippen molar-refractivity contribution in [2.24, 2.45) is 13.0 Å². The zero-order chi connectivity index (χ0) is 14.7. The SMILES string of the molecule is Cn1ccnc1-c1cccc(C(=O)NC[C@H]2CCOC2)c1. The lowest BCUT2D eigenvalue weighted by Crippen LogP contribution is -2.29. The number of benzene rings is 1. The molecule has 0 aliphatic carbocycles. The first-order valence-electron chi connectivity index (χ1n) is 7.18. The average Bonchev–Trinajstić information content (AvgIpc) is 3.16. The van der Waals surface area contributed by atoms with Crippen LogP contribution in [0.5, 0.6) is 0 Å². The van der Waals surface area contributed by atoms with E-state index in [2.05, 4.69) is 10.3 Å². The maximum Gasteiger partial charge on any atom is 0.251 e. The molecule has 2 heterocycles. The summed E-state index contributed by atoms with van der Waals surface area (Å²) in [6.07, 6.45) is 4.66. The molecular weight excluding hydrogens is 266 g/mol. The minimum absolute atomic E-state index is 0.0436. The Balaban J connectivity index is 1.70. The van der Waals surface area contributed by atoms with Gasteiger partial charge in [0.25, 0.3) is 5.91 Å². The van der Waals surface area contributed by atoms with E-state index in [0.717, 1.165) is 31.0 Å². The Labute approximate surface area is 124 Å². The Kier molecular flexibility index (Phi) is 4.01. The standard InChI is InChI=1S/C16H19N3O2/c1-19-7-6-17-15(19)13-3-2-4-14(9-13)16(20)18-10-12-5-8-21-11-12/h2-4,6-7,9,12H,5,8,10-11H2,1H3,(H,18,20)/t12-/m1/s1. The van der Waals surface area contributed by atoms with Crippen LogP contribution < -0.4 is 5.32 Å². The lowest BCUT2D eigenvalue weighted by atomic mass is 10.1. The first-order chi connectivity index (χ1) is 10.2. The van der Waals surface area contributed by atoms with E-state index in [0.29, 0.717) is 18.0 Å². The Morgan fingerprint density at radius 3 is 3.14 bits per heavy atom. The summed E-state index contributed by atoms with van der Waals surface area (Å²) in [6.45, 7) is 2.22. The highest BCUT2D eigenvalue weighted by molar-refractivity contribution is 5.95. The summed E-state index contributed by atoms with van der Waals surface area (Å²) in [4.78, 5) is 16.5. The van der Waals surface area contributed by atoms with Crippen LogP contribution in [0.3, 0.4) is 0 Å². The molecule has 0 spiro atoms. The van der Waals surface area contributed by atoms with Gasteiger partial charge in [0.05, 0.1) is 6.61 Å². The molecule has 0 bridgehead atoms. The van der Waals surface area contributed by atoms with Crippen molar-refractivity contribution in [3.8, 4) is 11.4 Å². The third kappa shape index (κ3) is 3.13. The molecule has 1 aliphatic heterocycles. The largest absolute Gasteiger partial charge is 0.381 e. The second kappa shape index (κ2) is 6.10. The van der Waals surface area contributed by atoms with Crippen LogP contribution in [0.25, 0.3) is 11.4 Å². The third-order valence-corrected chi connectivity index (χ3v) is 3.78. The van der Waals surface area contributed by atoms with Gasteiger partial charge in [0.2, 0.25) is 0 Å². The number of rotatable bonds is 4. The van der Waals surface area contributed by atoms with Gasteiger partial charge in [-0.05, 0) is 18.6 Å². The molecule has 1 N–H and O–H groups in total. The number of aryl methyl sites for hydroxylation is 1. The summed E-state index contributed by atoms with van der Waals surface area (Å²) in [6, 6.07) is 7.55. The second-order valence-corrected chi connectivity index (χ2v) is 5.38. The zero-order valence-corrected chi connectivity index (χ0v) is 12.1. The Morgan fingerprint density at radius 2 is 2.43 bits per heavy atom. The topological polar surface area (TPSA) is 56.2 Å². The van der Waals surface area contributed by atoms with Crippen LogP contribution in [0.1, 0.15) is 16.8 Å². The Hall–Kier alpha value is -2.14. The molecule has 5 heteroatoms. The number of aromatic nitrogens is 2. The average molecular weight is 285 g/mol. The van der Waals surface area contributed by atoms with Gasteiger partial charge >= 0.3 is 0 Å². The Morgan fingerprint density at radius 1 is 1.52 bits per heavy atom. The van der Waals surface area contributed by atoms with Crippen molar-refractivity contribution in [1.29, 1.82) is 0 Å². The first-order valence-corrected chi connectivity index (χ1v) is 7.18. The molecule has 1 amide bonds. The molecule has 1 saturated heterocycles. The number of hydrogen-bond acceptors (Lipinski definition) is 3. The van der Waals surface area contributed by atoms with Crippen molar-refractivity contribution in [2.75, 3.05) is 19.8 Å². The predicted octanol–water partition coefficient (Wildman–Crippen LogP) is 1.85. The van der Waals surface area contributed by atoms with Crippen LogP contribution in [-0.2, 0) is 11.8 Å². The van der Waals surface area contributed by atoms with Crippen LogP contribution in [0.2, 0.25) is 0 Å². The molecule has 3 rings (SSSR count). The lowest BCUT2D eigenvalue weighted by molar-refractivity contribution is 0.0945. The third-order valence-electron chi connectivity index (χ3n) is 3.78. The minimum atomic E-state index is -0.0436. The number of nitrogens with zero attached hydrogens (tertiary/aromatic N) is 2. The van der Waals surface area contributed by atoms with Crippen molar-refractivity contribution in [3.05, 3.63) is 42.2 Å². The smallest absolute Gasteiger partial charge is 0.251 e. The molecule has 21 heavy (non-hydrogen) atoms. The van der Waals surface area contributed by atoms with E-state index in [9.17, 15) is 4.79 Å². The van der Waals surface area contributed by atoms with Crippen LogP contribution in [0, 0.1) is 5.92 Å². The molecule has 1 aliphatic rings. The van der Waals surface area contributed by atoms with Crippen molar-refractivity contribution in [2.45, 2.75) is 6.42 Å². The molecule has 1 aromatic heterocycles. The number of nitrogens with one attached hydrogen (secondary N) is 1. The summed E-state index contributed by atoms with van der Waals surface area (Å²) in [5.74, 6) is 1.25. The summed E-state index contributed by atoms with van der Waals surface area (Å²) >= 11 is 0. The number of imidazole rings is 1. The number of hydrogen-bond donors (Lipinski definition) is 1. The van der Waals surface area contributed by atoms with Crippen LogP contribution in [-0.4, -0.2) is 35.2 Å². The molecule has 1 aromatic carbocycles. The van der Waals surface area contributed by atoms with Crippen molar-refractivity contribution in [3.63, 3.8) is 0 Å². The van der Waals surface area contributed by atoms with Gasteiger partial charge in [-0.3, -0.25) is 4.79 Å². The number of carbonyl (C=O) groups is 1. The van der Waals surface area contributed by atoms with Crippen LogP contribution in [0.15, 0.2) is 36.7 Å². The highest BCUT2D eigenvalue weighted by Gasteiger charge is 2.17. The van der Waals surface area contributed by atoms with E-state index in [1.54, 1.807) is 6.20 Å². The van der Waals surface area contributed by atoms with Crippen molar-refractivity contribution in [1.82, 2.24) is 14.9 Å². The second-order valence-electron chi connectivity index (χ2n) is 5.38. The molecule has 110 valence electrons. The number of ether oxygens (including phenoxy) is 1. The molecule has 5 nitrogen and oxygen atoms in total. The highest BCUT2D eigenvalue weighted by atomic mass is 16.5. The van der Waals surface area contributed by atoms with Gasteiger partial charge in [-0.1, -0.05) is 12.1 Å². The summed E-state index contributed by atoms with van der Waals surface area (Å²) in [7, 11) is 1.94. The summed E-state index contributed by atoms with van der Waals surface area (Å²) in [5, 5.41) is 2.98. The fourth-order valence-electron chi connectivity index (χ4n) is 2.53. The molecule has 0 saturated carbocycles. The zero-order valence-electron chi connectivity index (χ0n) is 12.1. The molecule has 0 radical (unpaired) electrons. The molecule has 2 aromatic rings. The van der Waals surface area contributed by atoms with Crippen LogP contribution in [0.4, 0.5) is 0 Å². The van der Waals surface area contributed by atoms with Gasteiger partial charge in [0.15, 0.2) is 0 Å². The van der Waals surface area contributed by atoms with Crippen LogP contribution >= 0.6 is 0 Å². The van der Waals surface area contributed by atoms with E-state index in [4.69, 9.17) is 4.74 Å².